The Bertz CT molecular complexity index is 525. The number of nitriles is 1. The summed E-state index contributed by atoms with van der Waals surface area (Å²) in [7, 11) is 1.58. The van der Waals surface area contributed by atoms with Gasteiger partial charge in [-0.1, -0.05) is 11.6 Å². The molecule has 1 aromatic heterocycles. The van der Waals surface area contributed by atoms with Crippen LogP contribution in [-0.2, 0) is 0 Å². The van der Waals surface area contributed by atoms with E-state index in [0.29, 0.717) is 16.5 Å². The molecular formula is C10H7ClN2O. The van der Waals surface area contributed by atoms with Crippen LogP contribution in [0.1, 0.15) is 5.56 Å². The van der Waals surface area contributed by atoms with Crippen molar-refractivity contribution in [1.29, 1.82) is 5.26 Å². The molecule has 70 valence electrons. The van der Waals surface area contributed by atoms with Gasteiger partial charge in [-0.05, 0) is 18.2 Å². The third-order valence-corrected chi connectivity index (χ3v) is 2.36. The molecular weight excluding hydrogens is 200 g/mol. The highest BCUT2D eigenvalue weighted by molar-refractivity contribution is 6.32. The predicted octanol–water partition coefficient (Wildman–Crippen LogP) is 2.70. The van der Waals surface area contributed by atoms with Crippen LogP contribution in [0.5, 0.6) is 5.75 Å². The van der Waals surface area contributed by atoms with Crippen LogP contribution in [-0.4, -0.2) is 12.1 Å². The molecule has 0 spiro atoms. The van der Waals surface area contributed by atoms with Gasteiger partial charge < -0.3 is 9.72 Å². The number of hydrogen-bond donors (Lipinski definition) is 1. The van der Waals surface area contributed by atoms with Crippen LogP contribution in [0.25, 0.3) is 10.9 Å². The first-order chi connectivity index (χ1) is 6.76. The Hall–Kier alpha value is -1.66. The SMILES string of the molecule is COc1ccc2[nH]c(Cl)c(C#N)c2c1. The summed E-state index contributed by atoms with van der Waals surface area (Å²) in [6, 6.07) is 7.49. The second kappa shape index (κ2) is 3.24. The van der Waals surface area contributed by atoms with E-state index in [0.717, 1.165) is 10.9 Å². The van der Waals surface area contributed by atoms with Crippen molar-refractivity contribution in [3.63, 3.8) is 0 Å². The van der Waals surface area contributed by atoms with Crippen LogP contribution in [0.15, 0.2) is 18.2 Å². The Kier molecular flexibility index (Phi) is 2.06. The Morgan fingerprint density at radius 2 is 2.29 bits per heavy atom. The van der Waals surface area contributed by atoms with E-state index in [9.17, 15) is 0 Å². The molecule has 4 heteroatoms. The summed E-state index contributed by atoms with van der Waals surface area (Å²) in [5.41, 5.74) is 1.30. The Morgan fingerprint density at radius 3 is 2.93 bits per heavy atom. The number of aromatic amines is 1. The molecule has 2 aromatic rings. The van der Waals surface area contributed by atoms with E-state index in [2.05, 4.69) is 11.1 Å². The maximum absolute atomic E-state index is 8.87. The van der Waals surface area contributed by atoms with E-state index < -0.39 is 0 Å². The number of methoxy groups -OCH3 is 1. The van der Waals surface area contributed by atoms with Crippen LogP contribution in [0.4, 0.5) is 0 Å². The zero-order valence-corrected chi connectivity index (χ0v) is 8.22. The lowest BCUT2D eigenvalue weighted by molar-refractivity contribution is 0.415. The first-order valence-corrected chi connectivity index (χ1v) is 4.39. The number of halogens is 1. The van der Waals surface area contributed by atoms with Gasteiger partial charge in [-0.15, -0.1) is 0 Å². The topological polar surface area (TPSA) is 48.8 Å². The van der Waals surface area contributed by atoms with Gasteiger partial charge in [-0.2, -0.15) is 5.26 Å². The highest BCUT2D eigenvalue weighted by atomic mass is 35.5. The lowest BCUT2D eigenvalue weighted by Crippen LogP contribution is -1.81. The Morgan fingerprint density at radius 1 is 1.50 bits per heavy atom. The molecule has 0 aliphatic rings. The number of ether oxygens (including phenoxy) is 1. The summed E-state index contributed by atoms with van der Waals surface area (Å²) in [5.74, 6) is 0.713. The van der Waals surface area contributed by atoms with Crippen molar-refractivity contribution in [3.8, 4) is 11.8 Å². The molecule has 0 aliphatic carbocycles. The van der Waals surface area contributed by atoms with E-state index in [1.807, 2.05) is 12.1 Å². The number of aromatic nitrogens is 1. The van der Waals surface area contributed by atoms with Gasteiger partial charge in [0.1, 0.15) is 17.0 Å². The largest absolute Gasteiger partial charge is 0.497 e. The van der Waals surface area contributed by atoms with Gasteiger partial charge in [-0.3, -0.25) is 0 Å². The number of H-pyrrole nitrogens is 1. The number of rotatable bonds is 1. The van der Waals surface area contributed by atoms with Crippen molar-refractivity contribution in [2.75, 3.05) is 7.11 Å². The Labute approximate surface area is 85.9 Å². The van der Waals surface area contributed by atoms with Crippen LogP contribution in [0.3, 0.4) is 0 Å². The van der Waals surface area contributed by atoms with Crippen molar-refractivity contribution >= 4 is 22.5 Å². The van der Waals surface area contributed by atoms with E-state index in [1.54, 1.807) is 13.2 Å². The number of hydrogen-bond acceptors (Lipinski definition) is 2. The molecule has 0 unspecified atom stereocenters. The fraction of sp³-hybridized carbons (Fsp3) is 0.100. The summed E-state index contributed by atoms with van der Waals surface area (Å²) in [4.78, 5) is 2.92. The average Bonchev–Trinajstić information content (AvgIpc) is 2.52. The second-order valence-electron chi connectivity index (χ2n) is 2.84. The van der Waals surface area contributed by atoms with Gasteiger partial charge in [-0.25, -0.2) is 0 Å². The number of nitrogens with one attached hydrogen (secondary N) is 1. The van der Waals surface area contributed by atoms with Crippen LogP contribution in [0, 0.1) is 11.3 Å². The molecule has 14 heavy (non-hydrogen) atoms. The third kappa shape index (κ3) is 1.21. The number of benzene rings is 1. The number of nitrogens with zero attached hydrogens (tertiary/aromatic N) is 1. The van der Waals surface area contributed by atoms with Crippen LogP contribution >= 0.6 is 11.6 Å². The first kappa shape index (κ1) is 8.92. The zero-order valence-electron chi connectivity index (χ0n) is 7.47. The van der Waals surface area contributed by atoms with Gasteiger partial charge in [0, 0.05) is 10.9 Å². The molecule has 0 saturated carbocycles. The first-order valence-electron chi connectivity index (χ1n) is 4.01. The molecule has 0 saturated heterocycles. The lowest BCUT2D eigenvalue weighted by Gasteiger charge is -1.98. The highest BCUT2D eigenvalue weighted by Gasteiger charge is 2.09. The van der Waals surface area contributed by atoms with Gasteiger partial charge >= 0.3 is 0 Å². The normalized spacial score (nSPS) is 10.1. The minimum absolute atomic E-state index is 0.371. The number of fused-ring (bicyclic) bond motifs is 1. The predicted molar refractivity (Wildman–Crippen MR) is 54.6 cm³/mol. The van der Waals surface area contributed by atoms with E-state index in [1.165, 1.54) is 0 Å². The highest BCUT2D eigenvalue weighted by Crippen LogP contribution is 2.28. The quantitative estimate of drug-likeness (QED) is 0.780. The van der Waals surface area contributed by atoms with Gasteiger partial charge in [0.2, 0.25) is 0 Å². The standard InChI is InChI=1S/C10H7ClN2O/c1-14-6-2-3-9-7(4-6)8(5-12)10(11)13-9/h2-4,13H,1H3. The monoisotopic (exact) mass is 206 g/mol. The molecule has 1 N–H and O–H groups in total. The molecule has 1 heterocycles. The fourth-order valence-electron chi connectivity index (χ4n) is 1.37. The smallest absolute Gasteiger partial charge is 0.125 e. The van der Waals surface area contributed by atoms with E-state index >= 15 is 0 Å². The van der Waals surface area contributed by atoms with Gasteiger partial charge in [0.25, 0.3) is 0 Å². The summed E-state index contributed by atoms with van der Waals surface area (Å²) >= 11 is 5.84. The molecule has 0 radical (unpaired) electrons. The molecule has 0 atom stereocenters. The van der Waals surface area contributed by atoms with Crippen molar-refractivity contribution in [2.24, 2.45) is 0 Å². The van der Waals surface area contributed by atoms with Crippen molar-refractivity contribution in [1.82, 2.24) is 4.98 Å². The van der Waals surface area contributed by atoms with E-state index in [4.69, 9.17) is 21.6 Å². The summed E-state index contributed by atoms with van der Waals surface area (Å²) in [6.45, 7) is 0. The minimum atomic E-state index is 0.371. The lowest BCUT2D eigenvalue weighted by atomic mass is 10.2. The average molecular weight is 207 g/mol. The molecule has 2 rings (SSSR count). The van der Waals surface area contributed by atoms with Crippen LogP contribution in [0.2, 0.25) is 5.15 Å². The molecule has 3 nitrogen and oxygen atoms in total. The minimum Gasteiger partial charge on any atom is -0.497 e. The molecule has 0 fully saturated rings. The van der Waals surface area contributed by atoms with Crippen LogP contribution < -0.4 is 4.74 Å². The zero-order chi connectivity index (χ0) is 10.1. The maximum Gasteiger partial charge on any atom is 0.125 e. The van der Waals surface area contributed by atoms with Crippen molar-refractivity contribution in [2.45, 2.75) is 0 Å². The molecule has 0 bridgehead atoms. The molecule has 1 aromatic carbocycles. The molecule has 0 amide bonds. The van der Waals surface area contributed by atoms with Gasteiger partial charge in [0.15, 0.2) is 0 Å². The summed E-state index contributed by atoms with van der Waals surface area (Å²) in [6.07, 6.45) is 0. The third-order valence-electron chi connectivity index (χ3n) is 2.07. The summed E-state index contributed by atoms with van der Waals surface area (Å²) in [5, 5.41) is 10.0. The van der Waals surface area contributed by atoms with Crippen molar-refractivity contribution in [3.05, 3.63) is 28.9 Å². The van der Waals surface area contributed by atoms with Crippen molar-refractivity contribution < 1.29 is 4.74 Å². The maximum atomic E-state index is 8.87. The Balaban J connectivity index is 2.79. The summed E-state index contributed by atoms with van der Waals surface area (Å²) < 4.78 is 5.06. The van der Waals surface area contributed by atoms with E-state index in [-0.39, 0.29) is 0 Å². The fourth-order valence-corrected chi connectivity index (χ4v) is 1.62. The second-order valence-corrected chi connectivity index (χ2v) is 3.22. The van der Waals surface area contributed by atoms with Gasteiger partial charge in [0.05, 0.1) is 12.7 Å². The molecule has 0 aliphatic heterocycles.